The summed E-state index contributed by atoms with van der Waals surface area (Å²) in [6.45, 7) is 7.64. The number of benzene rings is 2. The maximum absolute atomic E-state index is 14.0. The number of hydrogen-bond acceptors (Lipinski definition) is 8. The number of allylic oxidation sites excluding steroid dienone is 1. The Labute approximate surface area is 196 Å². The third-order valence-corrected chi connectivity index (χ3v) is 5.20. The Hall–Kier alpha value is -3.95. The van der Waals surface area contributed by atoms with Gasteiger partial charge in [0.25, 0.3) is 0 Å². The number of tetrazole rings is 1. The molecule has 0 amide bonds. The molecule has 2 aromatic carbocycles. The van der Waals surface area contributed by atoms with Gasteiger partial charge in [0.05, 0.1) is 18.3 Å². The molecule has 34 heavy (non-hydrogen) atoms. The van der Waals surface area contributed by atoms with Gasteiger partial charge in [-0.05, 0) is 61.9 Å². The molecule has 1 aliphatic rings. The van der Waals surface area contributed by atoms with Crippen molar-refractivity contribution >= 4 is 11.9 Å². The highest BCUT2D eigenvalue weighted by Gasteiger charge is 2.35. The van der Waals surface area contributed by atoms with Crippen molar-refractivity contribution in [3.63, 3.8) is 0 Å². The summed E-state index contributed by atoms with van der Waals surface area (Å²) in [4.78, 5) is 13.0. The lowest BCUT2D eigenvalue weighted by molar-refractivity contribution is -0.143. The van der Waals surface area contributed by atoms with Gasteiger partial charge in [-0.2, -0.15) is 4.68 Å². The van der Waals surface area contributed by atoms with Gasteiger partial charge in [-0.15, -0.1) is 0 Å². The number of fused-ring (bicyclic) bond motifs is 1. The fourth-order valence-corrected chi connectivity index (χ4v) is 3.72. The monoisotopic (exact) mass is 467 g/mol. The van der Waals surface area contributed by atoms with Crippen molar-refractivity contribution in [1.29, 1.82) is 0 Å². The summed E-state index contributed by atoms with van der Waals surface area (Å²) in [6, 6.07) is 11.1. The van der Waals surface area contributed by atoms with Gasteiger partial charge in [-0.25, -0.2) is 9.18 Å². The molecule has 0 saturated heterocycles. The lowest BCUT2D eigenvalue weighted by atomic mass is 9.95. The molecule has 1 N–H and O–H groups in total. The summed E-state index contributed by atoms with van der Waals surface area (Å²) in [7, 11) is 0. The van der Waals surface area contributed by atoms with Crippen LogP contribution in [0.15, 0.2) is 53.7 Å². The highest BCUT2D eigenvalue weighted by atomic mass is 19.1. The van der Waals surface area contributed by atoms with E-state index in [1.807, 2.05) is 6.92 Å². The first-order valence-corrected chi connectivity index (χ1v) is 11.0. The van der Waals surface area contributed by atoms with Crippen LogP contribution < -0.4 is 14.8 Å². The van der Waals surface area contributed by atoms with Crippen LogP contribution in [0.5, 0.6) is 11.5 Å². The van der Waals surface area contributed by atoms with Crippen LogP contribution in [0.4, 0.5) is 10.3 Å². The van der Waals surface area contributed by atoms with Crippen LogP contribution >= 0.6 is 0 Å². The van der Waals surface area contributed by atoms with E-state index in [-0.39, 0.29) is 18.5 Å². The van der Waals surface area contributed by atoms with Gasteiger partial charge in [0.2, 0.25) is 5.95 Å². The maximum atomic E-state index is 14.0. The Kier molecular flexibility index (Phi) is 6.76. The second kappa shape index (κ2) is 9.90. The van der Waals surface area contributed by atoms with Crippen molar-refractivity contribution in [1.82, 2.24) is 20.2 Å². The molecule has 0 fully saturated rings. The van der Waals surface area contributed by atoms with Crippen molar-refractivity contribution in [2.24, 2.45) is 0 Å². The van der Waals surface area contributed by atoms with Crippen molar-refractivity contribution in [2.75, 3.05) is 11.9 Å². The number of ether oxygens (including phenoxy) is 3. The van der Waals surface area contributed by atoms with Crippen molar-refractivity contribution in [2.45, 2.75) is 46.4 Å². The predicted molar refractivity (Wildman–Crippen MR) is 122 cm³/mol. The van der Waals surface area contributed by atoms with Crippen molar-refractivity contribution in [3.05, 3.63) is 70.7 Å². The van der Waals surface area contributed by atoms with Gasteiger partial charge in [0.1, 0.15) is 18.5 Å². The lowest BCUT2D eigenvalue weighted by Gasteiger charge is -2.28. The average molecular weight is 468 g/mol. The highest BCUT2D eigenvalue weighted by Crippen LogP contribution is 2.39. The Morgan fingerprint density at radius 3 is 2.71 bits per heavy atom. The first-order chi connectivity index (χ1) is 16.4. The molecule has 4 rings (SSSR count). The highest BCUT2D eigenvalue weighted by molar-refractivity contribution is 5.92. The summed E-state index contributed by atoms with van der Waals surface area (Å²) in [5.41, 5.74) is 2.11. The van der Waals surface area contributed by atoms with E-state index in [4.69, 9.17) is 14.2 Å². The summed E-state index contributed by atoms with van der Waals surface area (Å²) in [5, 5.41) is 14.9. The molecular formula is C24H26FN5O4. The molecule has 0 aliphatic carbocycles. The van der Waals surface area contributed by atoms with E-state index in [0.29, 0.717) is 46.5 Å². The third-order valence-electron chi connectivity index (χ3n) is 5.20. The average Bonchev–Trinajstić information content (AvgIpc) is 3.26. The van der Waals surface area contributed by atoms with Crippen LogP contribution in [0, 0.1) is 5.82 Å². The molecule has 2 heterocycles. The van der Waals surface area contributed by atoms with Gasteiger partial charge in [0, 0.05) is 11.3 Å². The number of carbonyl (C=O) groups excluding carboxylic acids is 1. The Morgan fingerprint density at radius 2 is 1.97 bits per heavy atom. The minimum atomic E-state index is -0.641. The van der Waals surface area contributed by atoms with E-state index in [2.05, 4.69) is 20.8 Å². The Morgan fingerprint density at radius 1 is 1.18 bits per heavy atom. The molecule has 0 bridgehead atoms. The Balaban J connectivity index is 1.71. The van der Waals surface area contributed by atoms with Crippen LogP contribution in [0.25, 0.3) is 0 Å². The van der Waals surface area contributed by atoms with E-state index < -0.39 is 12.0 Å². The SMILES string of the molecule is CCOc1cc(C2C(C(=O)OC(C)C)=C(C)Nc3nnnn32)ccc1OCc1ccccc1F. The fraction of sp³-hybridized carbons (Fsp3) is 0.333. The zero-order valence-corrected chi connectivity index (χ0v) is 19.4. The molecule has 1 aromatic heterocycles. The summed E-state index contributed by atoms with van der Waals surface area (Å²) in [6.07, 6.45) is -0.295. The minimum Gasteiger partial charge on any atom is -0.490 e. The van der Waals surface area contributed by atoms with Crippen LogP contribution in [0.1, 0.15) is 44.9 Å². The maximum Gasteiger partial charge on any atom is 0.338 e. The van der Waals surface area contributed by atoms with Gasteiger partial charge >= 0.3 is 5.97 Å². The minimum absolute atomic E-state index is 0.0432. The summed E-state index contributed by atoms with van der Waals surface area (Å²) < 4.78 is 32.7. The molecule has 1 unspecified atom stereocenters. The molecule has 0 saturated carbocycles. The van der Waals surface area contributed by atoms with Crippen LogP contribution in [-0.2, 0) is 16.1 Å². The first kappa shape index (κ1) is 23.2. The normalized spacial score (nSPS) is 15.1. The largest absolute Gasteiger partial charge is 0.490 e. The number of halogens is 1. The molecule has 178 valence electrons. The van der Waals surface area contributed by atoms with Gasteiger partial charge in [-0.3, -0.25) is 0 Å². The van der Waals surface area contributed by atoms with E-state index in [1.165, 1.54) is 10.7 Å². The predicted octanol–water partition coefficient (Wildman–Crippen LogP) is 4.03. The number of esters is 1. The Bertz CT molecular complexity index is 1220. The molecule has 1 atom stereocenters. The van der Waals surface area contributed by atoms with E-state index in [1.54, 1.807) is 57.2 Å². The number of anilines is 1. The second-order valence-electron chi connectivity index (χ2n) is 7.99. The van der Waals surface area contributed by atoms with E-state index in [0.717, 1.165) is 0 Å². The van der Waals surface area contributed by atoms with Crippen molar-refractivity contribution in [3.8, 4) is 11.5 Å². The van der Waals surface area contributed by atoms with Crippen LogP contribution in [-0.4, -0.2) is 38.9 Å². The zero-order valence-electron chi connectivity index (χ0n) is 19.4. The molecule has 10 heteroatoms. The van der Waals surface area contributed by atoms with E-state index in [9.17, 15) is 9.18 Å². The number of nitrogens with zero attached hydrogens (tertiary/aromatic N) is 4. The zero-order chi connectivity index (χ0) is 24.2. The molecular weight excluding hydrogens is 441 g/mol. The molecule has 3 aromatic rings. The van der Waals surface area contributed by atoms with E-state index >= 15 is 0 Å². The number of nitrogens with one attached hydrogen (secondary N) is 1. The number of rotatable bonds is 8. The number of aromatic nitrogens is 4. The molecule has 1 aliphatic heterocycles. The quantitative estimate of drug-likeness (QED) is 0.496. The summed E-state index contributed by atoms with van der Waals surface area (Å²) >= 11 is 0. The smallest absolute Gasteiger partial charge is 0.338 e. The number of carbonyl (C=O) groups is 1. The third kappa shape index (κ3) is 4.70. The fourth-order valence-electron chi connectivity index (χ4n) is 3.72. The molecule has 9 nitrogen and oxygen atoms in total. The summed E-state index contributed by atoms with van der Waals surface area (Å²) in [5.74, 6) is 0.503. The van der Waals surface area contributed by atoms with Gasteiger partial charge < -0.3 is 19.5 Å². The molecule has 0 radical (unpaired) electrons. The first-order valence-electron chi connectivity index (χ1n) is 11.0. The lowest BCUT2D eigenvalue weighted by Crippen LogP contribution is -2.30. The van der Waals surface area contributed by atoms with Gasteiger partial charge in [-0.1, -0.05) is 29.4 Å². The molecule has 0 spiro atoms. The number of hydrogen-bond donors (Lipinski definition) is 1. The van der Waals surface area contributed by atoms with Crippen LogP contribution in [0.3, 0.4) is 0 Å². The van der Waals surface area contributed by atoms with Crippen LogP contribution in [0.2, 0.25) is 0 Å². The van der Waals surface area contributed by atoms with Crippen molar-refractivity contribution < 1.29 is 23.4 Å². The van der Waals surface area contributed by atoms with Gasteiger partial charge in [0.15, 0.2) is 11.5 Å². The second-order valence-corrected chi connectivity index (χ2v) is 7.99. The topological polar surface area (TPSA) is 100 Å². The standard InChI is InChI=1S/C24H26FN5O4/c1-5-32-20-12-16(10-11-19(20)33-13-17-8-6-7-9-18(17)25)22-21(23(31)34-14(2)3)15(4)26-24-27-28-29-30(22)24/h6-12,14,22H,5,13H2,1-4H3,(H,26,27,29).